The minimum atomic E-state index is -0.538. The molecule has 0 fully saturated rings. The van der Waals surface area contributed by atoms with Gasteiger partial charge in [0.25, 0.3) is 5.91 Å². The highest BCUT2D eigenvalue weighted by Gasteiger charge is 2.18. The molecule has 0 atom stereocenters. The number of benzene rings is 1. The average Bonchev–Trinajstić information content (AvgIpc) is 2.95. The average molecular weight is 328 g/mol. The van der Waals surface area contributed by atoms with Crippen LogP contribution in [0.5, 0.6) is 0 Å². The monoisotopic (exact) mass is 327 g/mol. The smallest absolute Gasteiger partial charge is 0.250 e. The first kappa shape index (κ1) is 15.1. The van der Waals surface area contributed by atoms with Gasteiger partial charge in [0, 0.05) is 16.7 Å². The number of halogens is 1. The number of nitrogens with zero attached hydrogens (tertiary/aromatic N) is 2. The van der Waals surface area contributed by atoms with Crippen molar-refractivity contribution >= 4 is 23.3 Å². The van der Waals surface area contributed by atoms with E-state index in [-0.39, 0.29) is 0 Å². The van der Waals surface area contributed by atoms with Gasteiger partial charge in [-0.3, -0.25) is 4.79 Å². The van der Waals surface area contributed by atoms with Crippen LogP contribution in [-0.2, 0) is 0 Å². The van der Waals surface area contributed by atoms with Crippen LogP contribution in [-0.4, -0.2) is 20.9 Å². The van der Waals surface area contributed by atoms with E-state index in [0.29, 0.717) is 33.5 Å². The van der Waals surface area contributed by atoms with Crippen molar-refractivity contribution in [1.29, 1.82) is 0 Å². The van der Waals surface area contributed by atoms with Crippen molar-refractivity contribution in [1.82, 2.24) is 15.0 Å². The minimum absolute atomic E-state index is 0.339. The number of aromatic nitrogens is 3. The van der Waals surface area contributed by atoms with Gasteiger partial charge in [-0.2, -0.15) is 0 Å². The van der Waals surface area contributed by atoms with Crippen LogP contribution in [0.15, 0.2) is 36.7 Å². The van der Waals surface area contributed by atoms with Crippen molar-refractivity contribution in [2.75, 3.05) is 5.73 Å². The van der Waals surface area contributed by atoms with Gasteiger partial charge in [0.05, 0.1) is 22.6 Å². The van der Waals surface area contributed by atoms with Gasteiger partial charge >= 0.3 is 0 Å². The Balaban J connectivity index is 2.21. The number of carbonyl (C=O) groups excluding carboxylic acids is 1. The van der Waals surface area contributed by atoms with E-state index in [2.05, 4.69) is 15.0 Å². The fraction of sp³-hybridized carbons (Fsp3) is 0.0625. The van der Waals surface area contributed by atoms with Crippen molar-refractivity contribution in [3.8, 4) is 22.6 Å². The molecule has 0 aliphatic rings. The molecule has 3 aromatic rings. The number of hydrogen-bond donors (Lipinski definition) is 3. The summed E-state index contributed by atoms with van der Waals surface area (Å²) < 4.78 is 0. The molecular formula is C16H14ClN5O. The Morgan fingerprint density at radius 2 is 2.00 bits per heavy atom. The molecule has 5 N–H and O–H groups in total. The highest BCUT2D eigenvalue weighted by molar-refractivity contribution is 6.31. The van der Waals surface area contributed by atoms with Crippen LogP contribution in [0.4, 0.5) is 5.82 Å². The normalized spacial score (nSPS) is 10.7. The quantitative estimate of drug-likeness (QED) is 0.686. The first-order valence-corrected chi connectivity index (χ1v) is 7.20. The molecule has 2 aromatic heterocycles. The lowest BCUT2D eigenvalue weighted by Crippen LogP contribution is -2.11. The number of primary amides is 1. The predicted octanol–water partition coefficient (Wildman–Crippen LogP) is 2.78. The lowest BCUT2D eigenvalue weighted by Gasteiger charge is -2.06. The SMILES string of the molecule is Cc1ccc(Cl)cc1-c1[nH]c(-c2cc(N)ncn2)cc1C(N)=O. The summed E-state index contributed by atoms with van der Waals surface area (Å²) in [5.74, 6) is -0.199. The molecular weight excluding hydrogens is 314 g/mol. The van der Waals surface area contributed by atoms with Gasteiger partial charge in [0.2, 0.25) is 0 Å². The summed E-state index contributed by atoms with van der Waals surface area (Å²) in [6.07, 6.45) is 1.36. The molecule has 6 nitrogen and oxygen atoms in total. The van der Waals surface area contributed by atoms with E-state index in [0.717, 1.165) is 11.1 Å². The maximum Gasteiger partial charge on any atom is 0.250 e. The van der Waals surface area contributed by atoms with Crippen LogP contribution in [0.25, 0.3) is 22.6 Å². The number of anilines is 1. The third-order valence-corrected chi connectivity index (χ3v) is 3.75. The van der Waals surface area contributed by atoms with Gasteiger partial charge in [-0.15, -0.1) is 0 Å². The van der Waals surface area contributed by atoms with E-state index in [1.54, 1.807) is 24.3 Å². The van der Waals surface area contributed by atoms with Crippen LogP contribution in [0.3, 0.4) is 0 Å². The molecule has 3 rings (SSSR count). The molecule has 0 spiro atoms. The van der Waals surface area contributed by atoms with Crippen LogP contribution in [0.2, 0.25) is 5.02 Å². The van der Waals surface area contributed by atoms with E-state index in [1.165, 1.54) is 6.33 Å². The van der Waals surface area contributed by atoms with Gasteiger partial charge < -0.3 is 16.5 Å². The Kier molecular flexibility index (Phi) is 3.75. The number of nitrogens with two attached hydrogens (primary N) is 2. The highest BCUT2D eigenvalue weighted by Crippen LogP contribution is 2.32. The van der Waals surface area contributed by atoms with Crippen LogP contribution in [0.1, 0.15) is 15.9 Å². The lowest BCUT2D eigenvalue weighted by molar-refractivity contribution is 0.100. The van der Waals surface area contributed by atoms with Crippen molar-refractivity contribution in [2.45, 2.75) is 6.92 Å². The van der Waals surface area contributed by atoms with Gasteiger partial charge in [0.1, 0.15) is 12.1 Å². The number of nitrogens with one attached hydrogen (secondary N) is 1. The van der Waals surface area contributed by atoms with Gasteiger partial charge in [-0.1, -0.05) is 17.7 Å². The minimum Gasteiger partial charge on any atom is -0.384 e. The zero-order valence-corrected chi connectivity index (χ0v) is 13.1. The number of aromatic amines is 1. The fourth-order valence-corrected chi connectivity index (χ4v) is 2.55. The van der Waals surface area contributed by atoms with Crippen LogP contribution >= 0.6 is 11.6 Å². The van der Waals surface area contributed by atoms with Gasteiger partial charge in [-0.25, -0.2) is 9.97 Å². The number of nitrogen functional groups attached to an aromatic ring is 1. The molecule has 2 heterocycles. The summed E-state index contributed by atoms with van der Waals surface area (Å²) in [4.78, 5) is 23.0. The third kappa shape index (κ3) is 2.89. The van der Waals surface area contributed by atoms with Crippen LogP contribution in [0, 0.1) is 6.92 Å². The maximum atomic E-state index is 11.8. The number of carbonyl (C=O) groups is 1. The number of H-pyrrole nitrogens is 1. The predicted molar refractivity (Wildman–Crippen MR) is 89.9 cm³/mol. The highest BCUT2D eigenvalue weighted by atomic mass is 35.5. The molecule has 0 bridgehead atoms. The Hall–Kier alpha value is -2.86. The standard InChI is InChI=1S/C16H14ClN5O/c1-8-2-3-9(17)4-10(8)15-11(16(19)23)5-13(22-15)12-6-14(18)21-7-20-12/h2-7,22H,1H3,(H2,19,23)(H2,18,20,21). The number of rotatable bonds is 3. The second-order valence-corrected chi connectivity index (χ2v) is 5.56. The molecule has 116 valence electrons. The van der Waals surface area contributed by atoms with E-state index in [4.69, 9.17) is 23.1 Å². The van der Waals surface area contributed by atoms with E-state index < -0.39 is 5.91 Å². The summed E-state index contributed by atoms with van der Waals surface area (Å²) in [6, 6.07) is 8.73. The molecule has 0 aliphatic carbocycles. The third-order valence-electron chi connectivity index (χ3n) is 3.52. The molecule has 1 amide bonds. The van der Waals surface area contributed by atoms with E-state index in [9.17, 15) is 4.79 Å². The summed E-state index contributed by atoms with van der Waals surface area (Å²) in [7, 11) is 0. The Labute approximate surface area is 137 Å². The second-order valence-electron chi connectivity index (χ2n) is 5.12. The largest absolute Gasteiger partial charge is 0.384 e. The number of hydrogen-bond acceptors (Lipinski definition) is 4. The molecule has 0 aliphatic heterocycles. The first-order chi connectivity index (χ1) is 11.0. The second kappa shape index (κ2) is 5.73. The number of aryl methyl sites for hydroxylation is 1. The zero-order chi connectivity index (χ0) is 16.6. The van der Waals surface area contributed by atoms with Gasteiger partial charge in [0.15, 0.2) is 0 Å². The van der Waals surface area contributed by atoms with Crippen molar-refractivity contribution < 1.29 is 4.79 Å². The first-order valence-electron chi connectivity index (χ1n) is 6.83. The molecule has 0 unspecified atom stereocenters. The zero-order valence-electron chi connectivity index (χ0n) is 12.3. The molecule has 0 saturated heterocycles. The van der Waals surface area contributed by atoms with Gasteiger partial charge in [-0.05, 0) is 30.7 Å². The summed E-state index contributed by atoms with van der Waals surface area (Å²) in [5, 5.41) is 0.573. The molecule has 1 aromatic carbocycles. The topological polar surface area (TPSA) is 111 Å². The van der Waals surface area contributed by atoms with Crippen molar-refractivity contribution in [3.63, 3.8) is 0 Å². The Bertz CT molecular complexity index is 903. The fourth-order valence-electron chi connectivity index (χ4n) is 2.38. The summed E-state index contributed by atoms with van der Waals surface area (Å²) in [6.45, 7) is 1.93. The summed E-state index contributed by atoms with van der Waals surface area (Å²) in [5.41, 5.74) is 15.1. The molecule has 0 saturated carbocycles. The van der Waals surface area contributed by atoms with Crippen molar-refractivity contribution in [2.24, 2.45) is 5.73 Å². The lowest BCUT2D eigenvalue weighted by atomic mass is 10.0. The Morgan fingerprint density at radius 3 is 2.70 bits per heavy atom. The van der Waals surface area contributed by atoms with Crippen LogP contribution < -0.4 is 11.5 Å². The Morgan fingerprint density at radius 1 is 1.22 bits per heavy atom. The van der Waals surface area contributed by atoms with E-state index >= 15 is 0 Å². The summed E-state index contributed by atoms with van der Waals surface area (Å²) >= 11 is 6.08. The van der Waals surface area contributed by atoms with Crippen molar-refractivity contribution in [3.05, 3.63) is 52.8 Å². The molecule has 23 heavy (non-hydrogen) atoms. The molecule has 7 heteroatoms. The molecule has 0 radical (unpaired) electrons. The number of amides is 1. The van der Waals surface area contributed by atoms with E-state index in [1.807, 2.05) is 13.0 Å². The maximum absolute atomic E-state index is 11.8.